The van der Waals surface area contributed by atoms with Gasteiger partial charge in [0.15, 0.2) is 0 Å². The fourth-order valence-corrected chi connectivity index (χ4v) is 2.13. The first kappa shape index (κ1) is 13.5. The Labute approximate surface area is 97.4 Å². The molecule has 0 aliphatic heterocycles. The molecule has 4 heteroatoms. The number of hydrogen-bond acceptors (Lipinski definition) is 3. The Hall–Kier alpha value is -0.610. The van der Waals surface area contributed by atoms with E-state index in [1.54, 1.807) is 7.11 Å². The molecule has 0 radical (unpaired) electrons. The van der Waals surface area contributed by atoms with E-state index in [4.69, 9.17) is 9.84 Å². The zero-order valence-corrected chi connectivity index (χ0v) is 10.3. The van der Waals surface area contributed by atoms with E-state index in [9.17, 15) is 4.79 Å². The van der Waals surface area contributed by atoms with Gasteiger partial charge in [-0.2, -0.15) is 0 Å². The lowest BCUT2D eigenvalue weighted by molar-refractivity contribution is -0.135. The van der Waals surface area contributed by atoms with Gasteiger partial charge in [-0.3, -0.25) is 4.79 Å². The average molecular weight is 229 g/mol. The third-order valence-electron chi connectivity index (χ3n) is 3.52. The highest BCUT2D eigenvalue weighted by atomic mass is 16.5. The quantitative estimate of drug-likeness (QED) is 0.690. The van der Waals surface area contributed by atoms with Crippen molar-refractivity contribution in [1.29, 1.82) is 0 Å². The van der Waals surface area contributed by atoms with Crippen molar-refractivity contribution in [3.8, 4) is 0 Å². The monoisotopic (exact) mass is 229 g/mol. The van der Waals surface area contributed by atoms with Crippen molar-refractivity contribution in [1.82, 2.24) is 5.32 Å². The van der Waals surface area contributed by atoms with Crippen molar-refractivity contribution >= 4 is 5.91 Å². The highest BCUT2D eigenvalue weighted by Gasteiger charge is 2.39. The molecule has 1 fully saturated rings. The molecule has 1 saturated carbocycles. The summed E-state index contributed by atoms with van der Waals surface area (Å²) < 4.78 is 5.41. The minimum absolute atomic E-state index is 0.0434. The van der Waals surface area contributed by atoms with Gasteiger partial charge in [-0.05, 0) is 32.1 Å². The smallest absolute Gasteiger partial charge is 0.223 e. The van der Waals surface area contributed by atoms with Crippen LogP contribution in [0.4, 0.5) is 0 Å². The number of methoxy groups -OCH3 is 1. The van der Waals surface area contributed by atoms with E-state index in [0.29, 0.717) is 12.8 Å². The van der Waals surface area contributed by atoms with Crippen LogP contribution in [0.5, 0.6) is 0 Å². The van der Waals surface area contributed by atoms with Crippen LogP contribution in [0.3, 0.4) is 0 Å². The van der Waals surface area contributed by atoms with Crippen molar-refractivity contribution in [3.63, 3.8) is 0 Å². The second-order valence-electron chi connectivity index (χ2n) is 4.60. The summed E-state index contributed by atoms with van der Waals surface area (Å²) in [6.07, 6.45) is 5.04. The van der Waals surface area contributed by atoms with Gasteiger partial charge in [0, 0.05) is 19.8 Å². The van der Waals surface area contributed by atoms with E-state index in [0.717, 1.165) is 25.7 Å². The van der Waals surface area contributed by atoms with Crippen molar-refractivity contribution in [2.75, 3.05) is 13.7 Å². The van der Waals surface area contributed by atoms with Gasteiger partial charge >= 0.3 is 0 Å². The molecule has 16 heavy (non-hydrogen) atoms. The van der Waals surface area contributed by atoms with Crippen molar-refractivity contribution < 1.29 is 14.6 Å². The Morgan fingerprint density at radius 2 is 2.25 bits per heavy atom. The third-order valence-corrected chi connectivity index (χ3v) is 3.52. The van der Waals surface area contributed by atoms with Crippen LogP contribution in [0.25, 0.3) is 0 Å². The summed E-state index contributed by atoms with van der Waals surface area (Å²) in [5, 5.41) is 11.8. The van der Waals surface area contributed by atoms with Gasteiger partial charge in [-0.1, -0.05) is 6.92 Å². The fourth-order valence-electron chi connectivity index (χ4n) is 2.13. The first-order chi connectivity index (χ1) is 7.65. The molecular weight excluding hydrogens is 206 g/mol. The summed E-state index contributed by atoms with van der Waals surface area (Å²) in [6, 6.07) is 0.0893. The Morgan fingerprint density at radius 3 is 2.62 bits per heavy atom. The molecule has 0 saturated heterocycles. The molecule has 0 aromatic carbocycles. The number of ether oxygens (including phenoxy) is 1. The Morgan fingerprint density at radius 1 is 1.56 bits per heavy atom. The van der Waals surface area contributed by atoms with Crippen molar-refractivity contribution in [3.05, 3.63) is 0 Å². The van der Waals surface area contributed by atoms with Gasteiger partial charge in [0.25, 0.3) is 0 Å². The van der Waals surface area contributed by atoms with Crippen LogP contribution in [0.2, 0.25) is 0 Å². The van der Waals surface area contributed by atoms with Crippen LogP contribution in [0.1, 0.15) is 45.4 Å². The van der Waals surface area contributed by atoms with Crippen LogP contribution >= 0.6 is 0 Å². The van der Waals surface area contributed by atoms with E-state index in [-0.39, 0.29) is 24.2 Å². The van der Waals surface area contributed by atoms with E-state index >= 15 is 0 Å². The summed E-state index contributed by atoms with van der Waals surface area (Å²) in [7, 11) is 1.68. The maximum absolute atomic E-state index is 11.8. The summed E-state index contributed by atoms with van der Waals surface area (Å²) in [6.45, 7) is 2.13. The number of amides is 1. The van der Waals surface area contributed by atoms with Crippen LogP contribution in [0, 0.1) is 0 Å². The highest BCUT2D eigenvalue weighted by Crippen LogP contribution is 2.37. The molecule has 0 spiro atoms. The molecule has 0 bridgehead atoms. The fraction of sp³-hybridized carbons (Fsp3) is 0.917. The Balaban J connectivity index is 2.34. The van der Waals surface area contributed by atoms with E-state index < -0.39 is 0 Å². The molecule has 0 aromatic rings. The molecule has 1 amide bonds. The minimum Gasteiger partial charge on any atom is -0.396 e. The predicted molar refractivity (Wildman–Crippen MR) is 62.1 cm³/mol. The SMILES string of the molecule is CCC(CCO)NC(=O)CC1(OC)CCC1. The predicted octanol–water partition coefficient (Wildman–Crippen LogP) is 1.22. The molecule has 1 aliphatic carbocycles. The summed E-state index contributed by atoms with van der Waals surface area (Å²) >= 11 is 0. The lowest BCUT2D eigenvalue weighted by Gasteiger charge is -2.40. The Kier molecular flexibility index (Phi) is 5.22. The van der Waals surface area contributed by atoms with Gasteiger partial charge in [-0.15, -0.1) is 0 Å². The lowest BCUT2D eigenvalue weighted by Crippen LogP contribution is -2.46. The largest absolute Gasteiger partial charge is 0.396 e. The molecule has 1 rings (SSSR count). The highest BCUT2D eigenvalue weighted by molar-refractivity contribution is 5.77. The number of aliphatic hydroxyl groups excluding tert-OH is 1. The lowest BCUT2D eigenvalue weighted by atomic mass is 9.77. The van der Waals surface area contributed by atoms with E-state index in [2.05, 4.69) is 5.32 Å². The zero-order valence-electron chi connectivity index (χ0n) is 10.3. The zero-order chi connectivity index (χ0) is 12.0. The van der Waals surface area contributed by atoms with Crippen molar-refractivity contribution in [2.45, 2.75) is 57.1 Å². The molecule has 4 nitrogen and oxygen atoms in total. The number of rotatable bonds is 7. The average Bonchev–Trinajstić information content (AvgIpc) is 2.23. The van der Waals surface area contributed by atoms with Gasteiger partial charge < -0.3 is 15.2 Å². The van der Waals surface area contributed by atoms with E-state index in [1.807, 2.05) is 6.92 Å². The van der Waals surface area contributed by atoms with E-state index in [1.165, 1.54) is 0 Å². The van der Waals surface area contributed by atoms with Gasteiger partial charge in [-0.25, -0.2) is 0 Å². The number of hydrogen-bond donors (Lipinski definition) is 2. The minimum atomic E-state index is -0.207. The first-order valence-electron chi connectivity index (χ1n) is 6.11. The molecule has 1 unspecified atom stereocenters. The van der Waals surface area contributed by atoms with Gasteiger partial charge in [0.05, 0.1) is 12.0 Å². The normalized spacial score (nSPS) is 19.9. The Bertz CT molecular complexity index is 221. The number of aliphatic hydroxyl groups is 1. The molecule has 0 aromatic heterocycles. The topological polar surface area (TPSA) is 58.6 Å². The molecule has 1 aliphatic rings. The first-order valence-corrected chi connectivity index (χ1v) is 6.11. The van der Waals surface area contributed by atoms with Crippen molar-refractivity contribution in [2.24, 2.45) is 0 Å². The van der Waals surface area contributed by atoms with Gasteiger partial charge in [0.2, 0.25) is 5.91 Å². The van der Waals surface area contributed by atoms with Crippen LogP contribution in [-0.4, -0.2) is 36.4 Å². The molecule has 1 atom stereocenters. The summed E-state index contributed by atoms with van der Waals surface area (Å²) in [4.78, 5) is 11.8. The molecule has 94 valence electrons. The number of nitrogens with one attached hydrogen (secondary N) is 1. The summed E-state index contributed by atoms with van der Waals surface area (Å²) in [5.74, 6) is 0.0434. The maximum atomic E-state index is 11.8. The maximum Gasteiger partial charge on any atom is 0.223 e. The second-order valence-corrected chi connectivity index (χ2v) is 4.60. The third kappa shape index (κ3) is 3.46. The van der Waals surface area contributed by atoms with Crippen LogP contribution < -0.4 is 5.32 Å². The summed E-state index contributed by atoms with van der Waals surface area (Å²) in [5.41, 5.74) is -0.207. The molecule has 2 N–H and O–H groups in total. The molecule has 0 heterocycles. The number of carbonyl (C=O) groups is 1. The van der Waals surface area contributed by atoms with Crippen LogP contribution in [-0.2, 0) is 9.53 Å². The molecular formula is C12H23NO3. The standard InChI is InChI=1S/C12H23NO3/c1-3-10(5-8-14)13-11(15)9-12(16-2)6-4-7-12/h10,14H,3-9H2,1-2H3,(H,13,15). The number of carbonyl (C=O) groups excluding carboxylic acids is 1. The van der Waals surface area contributed by atoms with Gasteiger partial charge in [0.1, 0.15) is 0 Å². The second kappa shape index (κ2) is 6.21. The van der Waals surface area contributed by atoms with Crippen LogP contribution in [0.15, 0.2) is 0 Å².